The second-order valence-electron chi connectivity index (χ2n) is 7.70. The molecule has 0 bridgehead atoms. The smallest absolute Gasteiger partial charge is 0.223 e. The van der Waals surface area contributed by atoms with Crippen molar-refractivity contribution in [2.75, 3.05) is 20.2 Å². The number of amides is 2. The average Bonchev–Trinajstić information content (AvgIpc) is 3.20. The Balaban J connectivity index is 0. The summed E-state index contributed by atoms with van der Waals surface area (Å²) in [5.74, 6) is 11.3. The number of nitrogens with two attached hydrogens (primary N) is 2. The first-order valence-corrected chi connectivity index (χ1v) is 10.3. The van der Waals surface area contributed by atoms with Crippen molar-refractivity contribution in [2.24, 2.45) is 17.1 Å². The van der Waals surface area contributed by atoms with Crippen LogP contribution in [-0.4, -0.2) is 48.6 Å². The van der Waals surface area contributed by atoms with E-state index in [0.717, 1.165) is 18.5 Å². The van der Waals surface area contributed by atoms with E-state index in [9.17, 15) is 14.7 Å². The Bertz CT molecular complexity index is 681. The number of carbonyl (C=O) groups excluding carboxylic acids is 2. The SMILES string of the molecule is C#Cc1ccc(CNC=O)cc1OC.CC.CC(C)(C)CC(=O)N1CCC(O)C1.NN. The third-order valence-corrected chi connectivity index (χ3v) is 4.01. The lowest BCUT2D eigenvalue weighted by Gasteiger charge is -2.22. The van der Waals surface area contributed by atoms with Crippen LogP contribution in [-0.2, 0) is 16.1 Å². The van der Waals surface area contributed by atoms with Gasteiger partial charge in [0.05, 0.1) is 18.8 Å². The van der Waals surface area contributed by atoms with Crippen LogP contribution in [0.4, 0.5) is 0 Å². The normalized spacial score (nSPS) is 14.3. The highest BCUT2D eigenvalue weighted by Crippen LogP contribution is 2.21. The molecule has 1 aromatic carbocycles. The average molecular weight is 437 g/mol. The van der Waals surface area contributed by atoms with Gasteiger partial charge >= 0.3 is 0 Å². The van der Waals surface area contributed by atoms with Crippen LogP contribution in [0.15, 0.2) is 18.2 Å². The van der Waals surface area contributed by atoms with Crippen LogP contribution in [0.2, 0.25) is 0 Å². The summed E-state index contributed by atoms with van der Waals surface area (Å²) in [5, 5.41) is 11.8. The minimum absolute atomic E-state index is 0.0463. The predicted octanol–water partition coefficient (Wildman–Crippen LogP) is 1.78. The Morgan fingerprint density at radius 2 is 2.00 bits per heavy atom. The third kappa shape index (κ3) is 13.3. The molecule has 0 aromatic heterocycles. The van der Waals surface area contributed by atoms with Crippen molar-refractivity contribution in [1.82, 2.24) is 10.2 Å². The number of aliphatic hydroxyl groups excluding tert-OH is 1. The number of nitrogens with zero attached hydrogens (tertiary/aromatic N) is 1. The number of hydrogen-bond acceptors (Lipinski definition) is 6. The molecule has 1 aliphatic rings. The van der Waals surface area contributed by atoms with Gasteiger partial charge in [-0.2, -0.15) is 0 Å². The summed E-state index contributed by atoms with van der Waals surface area (Å²) in [6.07, 6.45) is 6.93. The molecule has 1 fully saturated rings. The molecule has 8 nitrogen and oxygen atoms in total. The van der Waals surface area contributed by atoms with E-state index < -0.39 is 0 Å². The van der Waals surface area contributed by atoms with Gasteiger partial charge in [0.25, 0.3) is 0 Å². The van der Waals surface area contributed by atoms with Crippen LogP contribution in [0.1, 0.15) is 58.6 Å². The van der Waals surface area contributed by atoms with E-state index in [-0.39, 0.29) is 17.4 Å². The van der Waals surface area contributed by atoms with Gasteiger partial charge in [0.1, 0.15) is 5.75 Å². The van der Waals surface area contributed by atoms with Gasteiger partial charge in [-0.05, 0) is 29.5 Å². The number of β-amino-alcohol motifs (C(OH)–C–C–N with tert-alkyl or cyclic N) is 1. The first kappa shape index (κ1) is 30.6. The number of hydrogen-bond donors (Lipinski definition) is 4. The van der Waals surface area contributed by atoms with Crippen molar-refractivity contribution >= 4 is 12.3 Å². The summed E-state index contributed by atoms with van der Waals surface area (Å²) in [6.45, 7) is 11.9. The van der Waals surface area contributed by atoms with E-state index in [1.165, 1.54) is 0 Å². The fourth-order valence-corrected chi connectivity index (χ4v) is 2.66. The molecule has 1 heterocycles. The van der Waals surface area contributed by atoms with E-state index in [1.54, 1.807) is 18.1 Å². The largest absolute Gasteiger partial charge is 0.495 e. The highest BCUT2D eigenvalue weighted by molar-refractivity contribution is 5.77. The van der Waals surface area contributed by atoms with Crippen LogP contribution < -0.4 is 21.7 Å². The second-order valence-corrected chi connectivity index (χ2v) is 7.70. The molecule has 0 radical (unpaired) electrons. The number of hydrazine groups is 1. The molecular weight excluding hydrogens is 396 g/mol. The van der Waals surface area contributed by atoms with Crippen LogP contribution in [0, 0.1) is 17.8 Å². The van der Waals surface area contributed by atoms with Crippen LogP contribution in [0.25, 0.3) is 0 Å². The van der Waals surface area contributed by atoms with Gasteiger partial charge in [0.15, 0.2) is 0 Å². The first-order chi connectivity index (χ1) is 14.7. The fourth-order valence-electron chi connectivity index (χ4n) is 2.66. The Kier molecular flexibility index (Phi) is 16.9. The van der Waals surface area contributed by atoms with Gasteiger partial charge in [-0.1, -0.05) is 46.6 Å². The maximum absolute atomic E-state index is 11.6. The zero-order valence-corrected chi connectivity index (χ0v) is 19.8. The molecule has 6 N–H and O–H groups in total. The van der Waals surface area contributed by atoms with E-state index in [0.29, 0.717) is 37.2 Å². The monoisotopic (exact) mass is 436 g/mol. The van der Waals surface area contributed by atoms with Crippen molar-refractivity contribution in [3.63, 3.8) is 0 Å². The summed E-state index contributed by atoms with van der Waals surface area (Å²) in [4.78, 5) is 23.5. The summed E-state index contributed by atoms with van der Waals surface area (Å²) in [6, 6.07) is 5.46. The Labute approximate surface area is 187 Å². The summed E-state index contributed by atoms with van der Waals surface area (Å²) >= 11 is 0. The van der Waals surface area contributed by atoms with Gasteiger partial charge < -0.3 is 20.1 Å². The lowest BCUT2D eigenvalue weighted by Crippen LogP contribution is -2.32. The van der Waals surface area contributed by atoms with Gasteiger partial charge in [0, 0.05) is 26.1 Å². The maximum Gasteiger partial charge on any atom is 0.223 e. The molecule has 2 amide bonds. The summed E-state index contributed by atoms with van der Waals surface area (Å²) in [7, 11) is 1.56. The Morgan fingerprint density at radius 3 is 2.42 bits per heavy atom. The van der Waals surface area contributed by atoms with E-state index in [2.05, 4.69) is 43.7 Å². The molecule has 1 aliphatic heterocycles. The van der Waals surface area contributed by atoms with Crippen molar-refractivity contribution < 1.29 is 19.4 Å². The number of likely N-dealkylation sites (tertiary alicyclic amines) is 1. The molecule has 2 rings (SSSR count). The number of methoxy groups -OCH3 is 1. The molecule has 0 spiro atoms. The van der Waals surface area contributed by atoms with Gasteiger partial charge in [-0.3, -0.25) is 21.3 Å². The van der Waals surface area contributed by atoms with Crippen LogP contribution in [0.5, 0.6) is 5.75 Å². The molecule has 1 atom stereocenters. The number of ether oxygens (including phenoxy) is 1. The second kappa shape index (κ2) is 17.1. The van der Waals surface area contributed by atoms with Gasteiger partial charge in [-0.25, -0.2) is 0 Å². The number of terminal acetylenes is 1. The lowest BCUT2D eigenvalue weighted by molar-refractivity contribution is -0.132. The summed E-state index contributed by atoms with van der Waals surface area (Å²) < 4.78 is 5.10. The van der Waals surface area contributed by atoms with Crippen LogP contribution >= 0.6 is 0 Å². The number of benzene rings is 1. The number of aliphatic hydroxyl groups is 1. The topological polar surface area (TPSA) is 131 Å². The van der Waals surface area contributed by atoms with E-state index >= 15 is 0 Å². The van der Waals surface area contributed by atoms with Crippen LogP contribution in [0.3, 0.4) is 0 Å². The third-order valence-electron chi connectivity index (χ3n) is 4.01. The molecule has 8 heteroatoms. The van der Waals surface area contributed by atoms with Crippen molar-refractivity contribution in [2.45, 2.75) is 60.1 Å². The quantitative estimate of drug-likeness (QED) is 0.241. The number of rotatable bonds is 5. The maximum atomic E-state index is 11.6. The lowest BCUT2D eigenvalue weighted by atomic mass is 9.92. The molecule has 0 saturated carbocycles. The molecule has 1 saturated heterocycles. The van der Waals surface area contributed by atoms with Crippen molar-refractivity contribution in [3.05, 3.63) is 29.3 Å². The van der Waals surface area contributed by atoms with E-state index in [4.69, 9.17) is 11.2 Å². The van der Waals surface area contributed by atoms with Crippen molar-refractivity contribution in [1.29, 1.82) is 0 Å². The van der Waals surface area contributed by atoms with E-state index in [1.807, 2.05) is 26.0 Å². The van der Waals surface area contributed by atoms with Crippen molar-refractivity contribution in [3.8, 4) is 18.1 Å². The highest BCUT2D eigenvalue weighted by atomic mass is 16.5. The number of carbonyl (C=O) groups is 2. The fraction of sp³-hybridized carbons (Fsp3) is 0.565. The molecule has 1 unspecified atom stereocenters. The highest BCUT2D eigenvalue weighted by Gasteiger charge is 2.27. The van der Waals surface area contributed by atoms with Gasteiger partial charge in [0.2, 0.25) is 12.3 Å². The minimum Gasteiger partial charge on any atom is -0.495 e. The Hall–Kier alpha value is -2.60. The molecule has 1 aromatic rings. The Morgan fingerprint density at radius 1 is 1.39 bits per heavy atom. The first-order valence-electron chi connectivity index (χ1n) is 10.3. The van der Waals surface area contributed by atoms with Gasteiger partial charge in [-0.15, -0.1) is 6.42 Å². The summed E-state index contributed by atoms with van der Waals surface area (Å²) in [5.41, 5.74) is 1.71. The molecule has 176 valence electrons. The standard InChI is InChI=1S/C11H11NO2.C10H19NO2.C2H6.H4N2/c1-3-10-5-4-9(7-12-8-13)6-11(10)14-2;1-10(2,3)6-9(13)11-5-4-8(12)7-11;2*1-2/h1,4-6,8H,7H2,2H3,(H,12,13);8,12H,4-7H2,1-3H3;1-2H3;1-2H2. The zero-order chi connectivity index (χ0) is 24.4. The molecule has 31 heavy (non-hydrogen) atoms. The number of nitrogens with one attached hydrogen (secondary N) is 1. The minimum atomic E-state index is -0.302. The predicted molar refractivity (Wildman–Crippen MR) is 125 cm³/mol. The molecule has 0 aliphatic carbocycles. The molecular formula is C23H40N4O4. The zero-order valence-electron chi connectivity index (χ0n) is 19.8.